The van der Waals surface area contributed by atoms with Crippen LogP contribution < -0.4 is 16.0 Å². The van der Waals surface area contributed by atoms with E-state index in [9.17, 15) is 32.0 Å². The quantitative estimate of drug-likeness (QED) is 0.252. The monoisotopic (exact) mass is 701 g/mol. The summed E-state index contributed by atoms with van der Waals surface area (Å²) in [6.45, 7) is 5.75. The van der Waals surface area contributed by atoms with Crippen molar-refractivity contribution in [3.05, 3.63) is 67.9 Å². The van der Waals surface area contributed by atoms with Crippen molar-refractivity contribution in [1.82, 2.24) is 33.4 Å². The Hall–Kier alpha value is -3.89. The molecule has 6 rings (SSSR count). The van der Waals surface area contributed by atoms with E-state index in [-0.39, 0.29) is 58.0 Å². The van der Waals surface area contributed by atoms with Crippen molar-refractivity contribution in [3.8, 4) is 0 Å². The Morgan fingerprint density at radius 3 is 2.33 bits per heavy atom. The van der Waals surface area contributed by atoms with Gasteiger partial charge in [-0.2, -0.15) is 5.10 Å². The zero-order chi connectivity index (χ0) is 34.5. The molecule has 3 aliphatic rings. The number of nitrogens with zero attached hydrogens (tertiary/aromatic N) is 6. The van der Waals surface area contributed by atoms with Gasteiger partial charge in [0.2, 0.25) is 5.91 Å². The van der Waals surface area contributed by atoms with E-state index in [0.29, 0.717) is 37.1 Å². The summed E-state index contributed by atoms with van der Waals surface area (Å²) in [6.07, 6.45) is 8.68. The molecule has 3 aromatic rings. The first kappa shape index (κ1) is 34.0. The minimum atomic E-state index is -4.00. The molecule has 48 heavy (non-hydrogen) atoms. The summed E-state index contributed by atoms with van der Waals surface area (Å²) < 4.78 is 48.3. The number of amides is 2. The zero-order valence-electron chi connectivity index (χ0n) is 27.5. The number of allylic oxidation sites excluding steroid dienone is 2. The number of aryl methyl sites for hydroxylation is 1. The first-order chi connectivity index (χ1) is 22.7. The van der Waals surface area contributed by atoms with Crippen LogP contribution in [0.4, 0.5) is 4.39 Å². The van der Waals surface area contributed by atoms with Crippen molar-refractivity contribution in [1.29, 1.82) is 0 Å². The molecule has 0 bridgehead atoms. The summed E-state index contributed by atoms with van der Waals surface area (Å²) in [6, 6.07) is 1.30. The number of thiophene rings is 1. The van der Waals surface area contributed by atoms with Crippen molar-refractivity contribution in [2.45, 2.75) is 75.7 Å². The highest BCUT2D eigenvalue weighted by Gasteiger charge is 2.38. The van der Waals surface area contributed by atoms with Gasteiger partial charge in [0.15, 0.2) is 0 Å². The number of aromatic nitrogens is 4. The van der Waals surface area contributed by atoms with Gasteiger partial charge in [-0.1, -0.05) is 5.57 Å². The molecular weight excluding hydrogens is 662 g/mol. The second-order valence-corrected chi connectivity index (χ2v) is 16.4. The Balaban J connectivity index is 1.33. The number of rotatable bonds is 10. The number of piperazine rings is 1. The van der Waals surface area contributed by atoms with Crippen LogP contribution in [-0.2, 0) is 39.7 Å². The number of halogens is 1. The van der Waals surface area contributed by atoms with Gasteiger partial charge < -0.3 is 9.80 Å². The number of hydrogen-bond acceptors (Lipinski definition) is 8. The predicted octanol–water partition coefficient (Wildman–Crippen LogP) is 2.50. The number of carbonyl (C=O) groups is 2. The molecule has 3 fully saturated rings. The first-order valence-electron chi connectivity index (χ1n) is 16.1. The smallest absolute Gasteiger partial charge is 0.332 e. The van der Waals surface area contributed by atoms with Crippen molar-refractivity contribution in [3.63, 3.8) is 0 Å². The molecule has 4 heterocycles. The molecule has 13 nitrogen and oxygen atoms in total. The lowest BCUT2D eigenvalue weighted by molar-refractivity contribution is -0.138. The van der Waals surface area contributed by atoms with Crippen LogP contribution in [0.5, 0.6) is 0 Å². The third kappa shape index (κ3) is 6.83. The Labute approximate surface area is 281 Å². The lowest BCUT2D eigenvalue weighted by atomic mass is 9.80. The third-order valence-corrected chi connectivity index (χ3v) is 12.5. The molecule has 2 amide bonds. The van der Waals surface area contributed by atoms with Gasteiger partial charge in [-0.3, -0.25) is 28.2 Å². The van der Waals surface area contributed by atoms with Gasteiger partial charge in [-0.15, -0.1) is 11.3 Å². The largest absolute Gasteiger partial charge is 0.339 e. The van der Waals surface area contributed by atoms with Crippen LogP contribution in [0.1, 0.15) is 58.4 Å². The molecule has 0 unspecified atom stereocenters. The van der Waals surface area contributed by atoms with E-state index in [4.69, 9.17) is 0 Å². The summed E-state index contributed by atoms with van der Waals surface area (Å²) in [4.78, 5) is 57.0. The summed E-state index contributed by atoms with van der Waals surface area (Å²) in [5, 5.41) is 4.18. The van der Waals surface area contributed by atoms with Crippen LogP contribution in [-0.4, -0.2) is 80.7 Å². The van der Waals surface area contributed by atoms with E-state index in [1.165, 1.54) is 34.7 Å². The molecule has 16 heteroatoms. The molecule has 1 N–H and O–H groups in total. The lowest BCUT2D eigenvalue weighted by Crippen LogP contribution is -2.51. The third-order valence-electron chi connectivity index (χ3n) is 9.28. The SMILES string of the molecule is C/C(F)=C(\C=C(/C)Cn1c(=O)n(Cc2cnn(C)c2)c(=O)c2cc(S(=O)(=O)NC3(C)CCC3)sc21)C(=O)N1CCN(C(=O)C2CC2)CC1. The molecule has 0 aromatic carbocycles. The molecule has 0 radical (unpaired) electrons. The maximum atomic E-state index is 14.9. The van der Waals surface area contributed by atoms with Crippen LogP contribution in [0, 0.1) is 5.92 Å². The molecule has 1 aliphatic heterocycles. The second-order valence-electron chi connectivity index (χ2n) is 13.4. The topological polar surface area (TPSA) is 149 Å². The van der Waals surface area contributed by atoms with E-state index in [0.717, 1.165) is 35.2 Å². The number of hydrogen-bond donors (Lipinski definition) is 1. The van der Waals surface area contributed by atoms with Gasteiger partial charge in [-0.25, -0.2) is 22.3 Å². The Morgan fingerprint density at radius 1 is 1.10 bits per heavy atom. The summed E-state index contributed by atoms with van der Waals surface area (Å²) in [5.74, 6) is -1.03. The minimum absolute atomic E-state index is 0.0579. The van der Waals surface area contributed by atoms with Gasteiger partial charge in [0.1, 0.15) is 14.9 Å². The van der Waals surface area contributed by atoms with Gasteiger partial charge >= 0.3 is 5.69 Å². The van der Waals surface area contributed by atoms with Crippen molar-refractivity contribution >= 4 is 43.4 Å². The van der Waals surface area contributed by atoms with Crippen LogP contribution in [0.3, 0.4) is 0 Å². The summed E-state index contributed by atoms with van der Waals surface area (Å²) >= 11 is 0.821. The van der Waals surface area contributed by atoms with Gasteiger partial charge in [0, 0.05) is 63.0 Å². The lowest BCUT2D eigenvalue weighted by Gasteiger charge is -2.38. The minimum Gasteiger partial charge on any atom is -0.339 e. The molecule has 0 atom stereocenters. The van der Waals surface area contributed by atoms with Crippen molar-refractivity contribution < 1.29 is 22.4 Å². The van der Waals surface area contributed by atoms with E-state index >= 15 is 0 Å². The maximum absolute atomic E-state index is 14.9. The zero-order valence-corrected chi connectivity index (χ0v) is 29.1. The van der Waals surface area contributed by atoms with E-state index < -0.39 is 38.5 Å². The van der Waals surface area contributed by atoms with Crippen molar-refractivity contribution in [2.75, 3.05) is 26.2 Å². The summed E-state index contributed by atoms with van der Waals surface area (Å²) in [5.41, 5.74) is -1.04. The van der Waals surface area contributed by atoms with Crippen LogP contribution >= 0.6 is 11.3 Å². The van der Waals surface area contributed by atoms with Crippen molar-refractivity contribution in [2.24, 2.45) is 13.0 Å². The number of fused-ring (bicyclic) bond motifs is 1. The molecule has 3 aromatic heterocycles. The fourth-order valence-corrected chi connectivity index (χ4v) is 9.15. The second kappa shape index (κ2) is 12.9. The predicted molar refractivity (Wildman–Crippen MR) is 179 cm³/mol. The normalized spacial score (nSPS) is 19.0. The Bertz CT molecular complexity index is 2070. The van der Waals surface area contributed by atoms with E-state index in [2.05, 4.69) is 9.82 Å². The molecular formula is C32H40FN7O6S2. The highest BCUT2D eigenvalue weighted by molar-refractivity contribution is 7.91. The number of sulfonamides is 1. The first-order valence-corrected chi connectivity index (χ1v) is 18.4. The average molecular weight is 702 g/mol. The van der Waals surface area contributed by atoms with Gasteiger partial charge in [0.25, 0.3) is 21.5 Å². The number of carbonyl (C=O) groups excluding carboxylic acids is 2. The molecule has 258 valence electrons. The highest BCUT2D eigenvalue weighted by Crippen LogP contribution is 2.35. The molecule has 2 aliphatic carbocycles. The molecule has 2 saturated carbocycles. The van der Waals surface area contributed by atoms with E-state index in [1.54, 1.807) is 29.7 Å². The van der Waals surface area contributed by atoms with Crippen LogP contribution in [0.25, 0.3) is 10.2 Å². The standard InChI is InChI=1S/C32H40FN7O6S2/c1-20(14-24(21(2)33)28(42)38-12-10-37(11-13-38)27(41)23-6-7-23)17-40-30-25(15-26(47-30)48(45,46)35-32(3)8-5-9-32)29(43)39(31(40)44)19-22-16-34-36(4)18-22/h14-16,18,23,35H,5-13,17,19H2,1-4H3/b20-14+,24-21-. The fraction of sp³-hybridized carbons (Fsp3) is 0.531. The fourth-order valence-electron chi connectivity index (χ4n) is 6.25. The number of nitrogens with one attached hydrogen (secondary N) is 1. The average Bonchev–Trinajstić information content (AvgIpc) is 3.64. The van der Waals surface area contributed by atoms with Crippen LogP contribution in [0.2, 0.25) is 0 Å². The van der Waals surface area contributed by atoms with Gasteiger partial charge in [-0.05, 0) is 65.0 Å². The van der Waals surface area contributed by atoms with Crippen LogP contribution in [0.15, 0.2) is 55.3 Å². The van der Waals surface area contributed by atoms with E-state index in [1.807, 2.05) is 6.92 Å². The Kier molecular flexibility index (Phi) is 9.10. The molecule has 0 spiro atoms. The van der Waals surface area contributed by atoms with Gasteiger partial charge in [0.05, 0.1) is 23.7 Å². The maximum Gasteiger partial charge on any atom is 0.332 e. The highest BCUT2D eigenvalue weighted by atomic mass is 32.2. The Morgan fingerprint density at radius 2 is 1.77 bits per heavy atom. The summed E-state index contributed by atoms with van der Waals surface area (Å²) in [7, 11) is -2.29. The molecule has 1 saturated heterocycles.